The molecule has 0 radical (unpaired) electrons. The van der Waals surface area contributed by atoms with Crippen molar-refractivity contribution in [2.24, 2.45) is 0 Å². The zero-order valence-corrected chi connectivity index (χ0v) is 7.73. The predicted octanol–water partition coefficient (Wildman–Crippen LogP) is 2.12. The van der Waals surface area contributed by atoms with E-state index in [0.29, 0.717) is 11.9 Å². The van der Waals surface area contributed by atoms with E-state index in [2.05, 4.69) is 31.0 Å². The predicted molar refractivity (Wildman–Crippen MR) is 47.6 cm³/mol. The van der Waals surface area contributed by atoms with E-state index < -0.39 is 0 Å². The lowest BCUT2D eigenvalue weighted by Gasteiger charge is -2.20. The molecule has 0 heterocycles. The molecule has 0 saturated heterocycles. The van der Waals surface area contributed by atoms with Crippen molar-refractivity contribution in [2.45, 2.75) is 19.9 Å². The number of hydrogen-bond donors (Lipinski definition) is 0. The molecule has 0 aromatic rings. The van der Waals surface area contributed by atoms with Crippen molar-refractivity contribution in [2.75, 3.05) is 19.5 Å². The maximum absolute atomic E-state index is 5.66. The Hall–Kier alpha value is -0.0100. The van der Waals surface area contributed by atoms with E-state index in [1.54, 1.807) is 0 Å². The van der Waals surface area contributed by atoms with Gasteiger partial charge in [-0.15, -0.1) is 11.6 Å². The Morgan fingerprint density at radius 1 is 1.60 bits per heavy atom. The summed E-state index contributed by atoms with van der Waals surface area (Å²) in [5, 5.41) is 0. The van der Waals surface area contributed by atoms with Crippen LogP contribution in [0, 0.1) is 0 Å². The van der Waals surface area contributed by atoms with Crippen LogP contribution in [-0.2, 0) is 0 Å². The van der Waals surface area contributed by atoms with Gasteiger partial charge >= 0.3 is 0 Å². The second-order valence-electron chi connectivity index (χ2n) is 2.51. The first-order chi connectivity index (χ1) is 4.72. The SMILES string of the molecule is C/C=C/CN(C)C(C)CCl. The minimum atomic E-state index is 0.470. The van der Waals surface area contributed by atoms with E-state index in [1.165, 1.54) is 0 Å². The maximum Gasteiger partial charge on any atom is 0.0376 e. The van der Waals surface area contributed by atoms with E-state index >= 15 is 0 Å². The van der Waals surface area contributed by atoms with Crippen LogP contribution in [0.4, 0.5) is 0 Å². The summed E-state index contributed by atoms with van der Waals surface area (Å²) in [4.78, 5) is 2.22. The highest BCUT2D eigenvalue weighted by Crippen LogP contribution is 1.96. The fourth-order valence-electron chi connectivity index (χ4n) is 0.569. The van der Waals surface area contributed by atoms with Crippen molar-refractivity contribution in [1.82, 2.24) is 4.90 Å². The highest BCUT2D eigenvalue weighted by Gasteiger charge is 2.03. The molecule has 0 amide bonds. The summed E-state index contributed by atoms with van der Waals surface area (Å²) in [5.74, 6) is 0.702. The second kappa shape index (κ2) is 5.75. The minimum absolute atomic E-state index is 0.470. The lowest BCUT2D eigenvalue weighted by atomic mass is 10.3. The van der Waals surface area contributed by atoms with Crippen molar-refractivity contribution in [3.05, 3.63) is 12.2 Å². The standard InChI is InChI=1S/C8H16ClN/c1-4-5-6-10(3)8(2)7-9/h4-5,8H,6-7H2,1-3H3/b5-4+. The smallest absolute Gasteiger partial charge is 0.0376 e. The van der Waals surface area contributed by atoms with Gasteiger partial charge in [0.05, 0.1) is 0 Å². The zero-order chi connectivity index (χ0) is 7.98. The molecule has 0 aromatic heterocycles. The summed E-state index contributed by atoms with van der Waals surface area (Å²) in [7, 11) is 2.08. The summed E-state index contributed by atoms with van der Waals surface area (Å²) in [6, 6.07) is 0.470. The Balaban J connectivity index is 3.50. The van der Waals surface area contributed by atoms with Gasteiger partial charge in [0.25, 0.3) is 0 Å². The number of rotatable bonds is 4. The highest BCUT2D eigenvalue weighted by atomic mass is 35.5. The Morgan fingerprint density at radius 3 is 2.60 bits per heavy atom. The summed E-state index contributed by atoms with van der Waals surface area (Å²) in [6.45, 7) is 5.14. The Kier molecular flexibility index (Phi) is 5.74. The molecule has 1 unspecified atom stereocenters. The third-order valence-corrected chi connectivity index (χ3v) is 2.05. The van der Waals surface area contributed by atoms with Gasteiger partial charge in [-0.3, -0.25) is 4.90 Å². The molecular weight excluding hydrogens is 146 g/mol. The van der Waals surface area contributed by atoms with Crippen LogP contribution >= 0.6 is 11.6 Å². The van der Waals surface area contributed by atoms with Gasteiger partial charge in [-0.05, 0) is 20.9 Å². The van der Waals surface area contributed by atoms with Crippen LogP contribution in [0.1, 0.15) is 13.8 Å². The quantitative estimate of drug-likeness (QED) is 0.451. The van der Waals surface area contributed by atoms with Gasteiger partial charge in [0.15, 0.2) is 0 Å². The van der Waals surface area contributed by atoms with Crippen LogP contribution < -0.4 is 0 Å². The molecule has 0 rings (SSSR count). The second-order valence-corrected chi connectivity index (χ2v) is 2.82. The first kappa shape index (κ1) is 9.99. The molecule has 0 fully saturated rings. The molecule has 10 heavy (non-hydrogen) atoms. The topological polar surface area (TPSA) is 3.24 Å². The van der Waals surface area contributed by atoms with Gasteiger partial charge < -0.3 is 0 Å². The number of hydrogen-bond acceptors (Lipinski definition) is 1. The Bertz CT molecular complexity index is 101. The van der Waals surface area contributed by atoms with Gasteiger partial charge in [-0.2, -0.15) is 0 Å². The number of halogens is 1. The molecule has 60 valence electrons. The normalized spacial score (nSPS) is 14.9. The number of allylic oxidation sites excluding steroid dienone is 1. The molecule has 0 saturated carbocycles. The Morgan fingerprint density at radius 2 is 2.20 bits per heavy atom. The molecule has 0 aliphatic rings. The van der Waals surface area contributed by atoms with E-state index in [9.17, 15) is 0 Å². The summed E-state index contributed by atoms with van der Waals surface area (Å²) < 4.78 is 0. The Labute approximate surface area is 68.7 Å². The van der Waals surface area contributed by atoms with Gasteiger partial charge in [-0.25, -0.2) is 0 Å². The molecule has 1 nitrogen and oxygen atoms in total. The van der Waals surface area contributed by atoms with Crippen LogP contribution in [0.2, 0.25) is 0 Å². The van der Waals surface area contributed by atoms with Gasteiger partial charge in [0, 0.05) is 18.5 Å². The summed E-state index contributed by atoms with van der Waals surface area (Å²) >= 11 is 5.66. The van der Waals surface area contributed by atoms with Crippen molar-refractivity contribution in [3.63, 3.8) is 0 Å². The molecule has 0 aliphatic carbocycles. The average Bonchev–Trinajstić information content (AvgIpc) is 1.98. The summed E-state index contributed by atoms with van der Waals surface area (Å²) in [6.07, 6.45) is 4.18. The largest absolute Gasteiger partial charge is 0.299 e. The summed E-state index contributed by atoms with van der Waals surface area (Å²) in [5.41, 5.74) is 0. The molecule has 0 aliphatic heterocycles. The van der Waals surface area contributed by atoms with Crippen molar-refractivity contribution >= 4 is 11.6 Å². The van der Waals surface area contributed by atoms with Crippen LogP contribution in [0.15, 0.2) is 12.2 Å². The lowest BCUT2D eigenvalue weighted by Crippen LogP contribution is -2.30. The van der Waals surface area contributed by atoms with Gasteiger partial charge in [0.2, 0.25) is 0 Å². The minimum Gasteiger partial charge on any atom is -0.299 e. The number of likely N-dealkylation sites (N-methyl/N-ethyl adjacent to an activating group) is 1. The molecule has 1 atom stereocenters. The molecule has 2 heteroatoms. The van der Waals surface area contributed by atoms with E-state index in [4.69, 9.17) is 11.6 Å². The monoisotopic (exact) mass is 161 g/mol. The maximum atomic E-state index is 5.66. The molecule has 0 spiro atoms. The van der Waals surface area contributed by atoms with Crippen LogP contribution in [0.5, 0.6) is 0 Å². The zero-order valence-electron chi connectivity index (χ0n) is 6.97. The fraction of sp³-hybridized carbons (Fsp3) is 0.750. The van der Waals surface area contributed by atoms with Crippen LogP contribution in [0.3, 0.4) is 0 Å². The highest BCUT2D eigenvalue weighted by molar-refractivity contribution is 6.18. The van der Waals surface area contributed by atoms with Crippen molar-refractivity contribution in [3.8, 4) is 0 Å². The first-order valence-corrected chi connectivity index (χ1v) is 4.13. The van der Waals surface area contributed by atoms with E-state index in [0.717, 1.165) is 6.54 Å². The molecule has 0 bridgehead atoms. The fourth-order valence-corrected chi connectivity index (χ4v) is 0.805. The molecule has 0 N–H and O–H groups in total. The lowest BCUT2D eigenvalue weighted by molar-refractivity contribution is 0.306. The molecular formula is C8H16ClN. The van der Waals surface area contributed by atoms with Gasteiger partial charge in [0.1, 0.15) is 0 Å². The van der Waals surface area contributed by atoms with Crippen LogP contribution in [-0.4, -0.2) is 30.4 Å². The third-order valence-electron chi connectivity index (χ3n) is 1.60. The first-order valence-electron chi connectivity index (χ1n) is 3.59. The van der Waals surface area contributed by atoms with Crippen molar-refractivity contribution < 1.29 is 0 Å². The van der Waals surface area contributed by atoms with Crippen molar-refractivity contribution in [1.29, 1.82) is 0 Å². The average molecular weight is 162 g/mol. The third kappa shape index (κ3) is 3.91. The number of nitrogens with zero attached hydrogens (tertiary/aromatic N) is 1. The van der Waals surface area contributed by atoms with E-state index in [1.807, 2.05) is 6.92 Å². The van der Waals surface area contributed by atoms with Crippen LogP contribution in [0.25, 0.3) is 0 Å². The van der Waals surface area contributed by atoms with Gasteiger partial charge in [-0.1, -0.05) is 12.2 Å². The molecule has 0 aromatic carbocycles. The van der Waals surface area contributed by atoms with E-state index in [-0.39, 0.29) is 0 Å². The number of alkyl halides is 1.